The smallest absolute Gasteiger partial charge is 0.317 e. The average molecular weight is 336 g/mol. The lowest BCUT2D eigenvalue weighted by atomic mass is 10.1. The standard InChI is InChI=1S/C16H20N2O6/c1-17(8-16(21)22)11-6-18(7-12(11)19)15(20)5-10-2-3-13-14(4-10)24-9-23-13/h2-4,11-12,19H,5-9H2,1H3,(H,21,22)/t11?,12-/m1/s1. The Morgan fingerprint density at radius 3 is 2.79 bits per heavy atom. The average Bonchev–Trinajstić information content (AvgIpc) is 3.12. The molecule has 0 spiro atoms. The highest BCUT2D eigenvalue weighted by molar-refractivity contribution is 5.79. The number of fused-ring (bicyclic) bond motifs is 1. The fourth-order valence-corrected chi connectivity index (χ4v) is 3.07. The molecule has 1 aromatic rings. The molecule has 1 amide bonds. The molecule has 1 unspecified atom stereocenters. The van der Waals surface area contributed by atoms with Crippen LogP contribution in [0.2, 0.25) is 0 Å². The van der Waals surface area contributed by atoms with Crippen molar-refractivity contribution in [3.05, 3.63) is 23.8 Å². The zero-order chi connectivity index (χ0) is 17.3. The van der Waals surface area contributed by atoms with Crippen LogP contribution in [-0.4, -0.2) is 77.5 Å². The number of hydrogen-bond acceptors (Lipinski definition) is 6. The predicted molar refractivity (Wildman–Crippen MR) is 82.9 cm³/mol. The molecule has 0 aliphatic carbocycles. The summed E-state index contributed by atoms with van der Waals surface area (Å²) in [5.41, 5.74) is 0.807. The van der Waals surface area contributed by atoms with E-state index in [4.69, 9.17) is 14.6 Å². The van der Waals surface area contributed by atoms with Crippen LogP contribution in [0.5, 0.6) is 11.5 Å². The fourth-order valence-electron chi connectivity index (χ4n) is 3.07. The van der Waals surface area contributed by atoms with Gasteiger partial charge in [0.15, 0.2) is 11.5 Å². The quantitative estimate of drug-likeness (QED) is 0.751. The van der Waals surface area contributed by atoms with Crippen molar-refractivity contribution in [3.8, 4) is 11.5 Å². The molecule has 2 aliphatic heterocycles. The highest BCUT2D eigenvalue weighted by Gasteiger charge is 2.36. The lowest BCUT2D eigenvalue weighted by Gasteiger charge is -2.24. The Labute approximate surface area is 139 Å². The number of carbonyl (C=O) groups excluding carboxylic acids is 1. The molecule has 130 valence electrons. The van der Waals surface area contributed by atoms with E-state index in [0.29, 0.717) is 18.0 Å². The Morgan fingerprint density at radius 2 is 2.04 bits per heavy atom. The third-order valence-corrected chi connectivity index (χ3v) is 4.35. The van der Waals surface area contributed by atoms with E-state index in [0.717, 1.165) is 5.56 Å². The molecule has 1 saturated heterocycles. The molecule has 3 rings (SSSR count). The molecule has 8 nitrogen and oxygen atoms in total. The number of amides is 1. The molecule has 2 N–H and O–H groups in total. The second kappa shape index (κ2) is 6.66. The maximum absolute atomic E-state index is 12.5. The van der Waals surface area contributed by atoms with E-state index in [-0.39, 0.29) is 38.3 Å². The molecule has 8 heteroatoms. The largest absolute Gasteiger partial charge is 0.480 e. The van der Waals surface area contributed by atoms with Crippen molar-refractivity contribution >= 4 is 11.9 Å². The van der Waals surface area contributed by atoms with Gasteiger partial charge in [0, 0.05) is 13.1 Å². The van der Waals surface area contributed by atoms with Crippen LogP contribution < -0.4 is 9.47 Å². The minimum absolute atomic E-state index is 0.112. The highest BCUT2D eigenvalue weighted by atomic mass is 16.7. The Morgan fingerprint density at radius 1 is 1.29 bits per heavy atom. The van der Waals surface area contributed by atoms with Crippen LogP contribution in [0, 0.1) is 0 Å². The summed E-state index contributed by atoms with van der Waals surface area (Å²) in [7, 11) is 1.63. The third-order valence-electron chi connectivity index (χ3n) is 4.35. The summed E-state index contributed by atoms with van der Waals surface area (Å²) in [5, 5.41) is 19.0. The van der Waals surface area contributed by atoms with E-state index in [2.05, 4.69) is 0 Å². The first-order valence-electron chi connectivity index (χ1n) is 7.70. The zero-order valence-electron chi connectivity index (χ0n) is 13.3. The molecule has 1 aromatic carbocycles. The van der Waals surface area contributed by atoms with Gasteiger partial charge in [-0.3, -0.25) is 14.5 Å². The first kappa shape index (κ1) is 16.5. The van der Waals surface area contributed by atoms with E-state index in [1.54, 1.807) is 29.0 Å². The molecular formula is C16H20N2O6. The van der Waals surface area contributed by atoms with Crippen molar-refractivity contribution in [1.29, 1.82) is 0 Å². The second-order valence-corrected chi connectivity index (χ2v) is 6.11. The number of likely N-dealkylation sites (N-methyl/N-ethyl adjacent to an activating group) is 1. The van der Waals surface area contributed by atoms with Crippen LogP contribution in [0.25, 0.3) is 0 Å². The van der Waals surface area contributed by atoms with Crippen LogP contribution in [0.3, 0.4) is 0 Å². The number of rotatable bonds is 5. The number of carboxylic acids is 1. The molecule has 24 heavy (non-hydrogen) atoms. The summed E-state index contributed by atoms with van der Waals surface area (Å²) in [5.74, 6) is 0.216. The Bertz CT molecular complexity index is 649. The second-order valence-electron chi connectivity index (χ2n) is 6.11. The number of nitrogens with zero attached hydrogens (tertiary/aromatic N) is 2. The van der Waals surface area contributed by atoms with Crippen LogP contribution in [-0.2, 0) is 16.0 Å². The molecular weight excluding hydrogens is 316 g/mol. The van der Waals surface area contributed by atoms with Crippen molar-refractivity contribution < 1.29 is 29.3 Å². The van der Waals surface area contributed by atoms with Gasteiger partial charge < -0.3 is 24.6 Å². The Hall–Kier alpha value is -2.32. The number of carbonyl (C=O) groups is 2. The van der Waals surface area contributed by atoms with Gasteiger partial charge in [-0.25, -0.2) is 0 Å². The lowest BCUT2D eigenvalue weighted by molar-refractivity contribution is -0.138. The van der Waals surface area contributed by atoms with Crippen LogP contribution in [0.1, 0.15) is 5.56 Å². The van der Waals surface area contributed by atoms with Crippen molar-refractivity contribution in [3.63, 3.8) is 0 Å². The summed E-state index contributed by atoms with van der Waals surface area (Å²) >= 11 is 0. The molecule has 1 fully saturated rings. The fraction of sp³-hybridized carbons (Fsp3) is 0.500. The van der Waals surface area contributed by atoms with Crippen LogP contribution in [0.15, 0.2) is 18.2 Å². The van der Waals surface area contributed by atoms with E-state index in [9.17, 15) is 14.7 Å². The van der Waals surface area contributed by atoms with E-state index >= 15 is 0 Å². The van der Waals surface area contributed by atoms with Crippen LogP contribution in [0.4, 0.5) is 0 Å². The van der Waals surface area contributed by atoms with Gasteiger partial charge >= 0.3 is 5.97 Å². The topological polar surface area (TPSA) is 99.5 Å². The number of aliphatic carboxylic acids is 1. The Balaban J connectivity index is 1.60. The third kappa shape index (κ3) is 3.44. The number of aliphatic hydroxyl groups excluding tert-OH is 1. The van der Waals surface area contributed by atoms with Gasteiger partial charge in [0.25, 0.3) is 0 Å². The number of benzene rings is 1. The molecule has 0 bridgehead atoms. The van der Waals surface area contributed by atoms with Gasteiger partial charge in [0.1, 0.15) is 0 Å². The SMILES string of the molecule is CN(CC(=O)O)C1CN(C(=O)Cc2ccc3c(c2)OCO3)C[C@H]1O. The van der Waals surface area contributed by atoms with Crippen molar-refractivity contribution in [2.24, 2.45) is 0 Å². The summed E-state index contributed by atoms with van der Waals surface area (Å²) in [6.07, 6.45) is -0.561. The molecule has 2 heterocycles. The van der Waals surface area contributed by atoms with E-state index in [1.165, 1.54) is 0 Å². The summed E-state index contributed by atoms with van der Waals surface area (Å²) in [6.45, 7) is 0.529. The molecule has 0 saturated carbocycles. The minimum Gasteiger partial charge on any atom is -0.480 e. The maximum atomic E-state index is 12.5. The number of ether oxygens (including phenoxy) is 2. The summed E-state index contributed by atoms with van der Waals surface area (Å²) in [4.78, 5) is 26.4. The minimum atomic E-state index is -0.963. The number of hydrogen-bond donors (Lipinski definition) is 2. The monoisotopic (exact) mass is 336 g/mol. The normalized spacial score (nSPS) is 22.2. The van der Waals surface area contributed by atoms with Crippen LogP contribution >= 0.6 is 0 Å². The number of likely N-dealkylation sites (tertiary alicyclic amines) is 1. The van der Waals surface area contributed by atoms with Crippen molar-refractivity contribution in [1.82, 2.24) is 9.80 Å². The van der Waals surface area contributed by atoms with E-state index in [1.807, 2.05) is 6.07 Å². The first-order chi connectivity index (χ1) is 11.4. The van der Waals surface area contributed by atoms with Gasteiger partial charge in [0.05, 0.1) is 25.1 Å². The van der Waals surface area contributed by atoms with Gasteiger partial charge in [-0.15, -0.1) is 0 Å². The number of carboxylic acid groups (broad SMARTS) is 1. The summed E-state index contributed by atoms with van der Waals surface area (Å²) in [6, 6.07) is 4.99. The van der Waals surface area contributed by atoms with Crippen molar-refractivity contribution in [2.45, 2.75) is 18.6 Å². The number of aliphatic hydroxyl groups is 1. The highest BCUT2D eigenvalue weighted by Crippen LogP contribution is 2.32. The number of β-amino-alcohol motifs (C(OH)–C–C–N with tert-alkyl or cyclic N) is 1. The Kier molecular flexibility index (Phi) is 4.59. The first-order valence-corrected chi connectivity index (χ1v) is 7.70. The van der Waals surface area contributed by atoms with E-state index < -0.39 is 12.1 Å². The van der Waals surface area contributed by atoms with Gasteiger partial charge in [-0.1, -0.05) is 6.07 Å². The molecule has 2 aliphatic rings. The molecule has 0 aromatic heterocycles. The van der Waals surface area contributed by atoms with Gasteiger partial charge in [0.2, 0.25) is 12.7 Å². The van der Waals surface area contributed by atoms with Crippen molar-refractivity contribution in [2.75, 3.05) is 33.5 Å². The van der Waals surface area contributed by atoms with Gasteiger partial charge in [-0.2, -0.15) is 0 Å². The zero-order valence-corrected chi connectivity index (χ0v) is 13.3. The summed E-state index contributed by atoms with van der Waals surface area (Å²) < 4.78 is 10.5. The predicted octanol–water partition coefficient (Wildman–Crippen LogP) is -0.454. The lowest BCUT2D eigenvalue weighted by Crippen LogP contribution is -2.43. The molecule has 0 radical (unpaired) electrons. The van der Waals surface area contributed by atoms with Gasteiger partial charge in [-0.05, 0) is 24.7 Å². The molecule has 2 atom stereocenters. The maximum Gasteiger partial charge on any atom is 0.317 e.